The SMILES string of the molecule is CC1(CBr)CCC(C)(CC2CCCC2)O1. The number of hydrogen-bond acceptors (Lipinski definition) is 1. The summed E-state index contributed by atoms with van der Waals surface area (Å²) >= 11 is 3.57. The first-order chi connectivity index (χ1) is 7.05. The van der Waals surface area contributed by atoms with Crippen molar-refractivity contribution in [2.24, 2.45) is 5.92 Å². The first-order valence-electron chi connectivity index (χ1n) is 6.31. The fourth-order valence-electron chi connectivity index (χ4n) is 3.29. The molecule has 2 heteroatoms. The van der Waals surface area contributed by atoms with Crippen molar-refractivity contribution >= 4 is 15.9 Å². The van der Waals surface area contributed by atoms with Gasteiger partial charge in [-0.25, -0.2) is 0 Å². The lowest BCUT2D eigenvalue weighted by molar-refractivity contribution is -0.0827. The molecule has 0 bridgehead atoms. The van der Waals surface area contributed by atoms with Crippen molar-refractivity contribution in [1.29, 1.82) is 0 Å². The Morgan fingerprint density at radius 1 is 1.13 bits per heavy atom. The molecule has 0 spiro atoms. The van der Waals surface area contributed by atoms with Gasteiger partial charge in [0, 0.05) is 5.33 Å². The van der Waals surface area contributed by atoms with Crippen molar-refractivity contribution in [2.75, 3.05) is 5.33 Å². The summed E-state index contributed by atoms with van der Waals surface area (Å²) in [6.07, 6.45) is 9.49. The van der Waals surface area contributed by atoms with Gasteiger partial charge in [-0.2, -0.15) is 0 Å². The highest BCUT2D eigenvalue weighted by Crippen LogP contribution is 2.44. The van der Waals surface area contributed by atoms with Gasteiger partial charge in [0.2, 0.25) is 0 Å². The van der Waals surface area contributed by atoms with E-state index in [1.54, 1.807) is 0 Å². The van der Waals surface area contributed by atoms with Crippen LogP contribution < -0.4 is 0 Å². The molecule has 1 saturated carbocycles. The van der Waals surface area contributed by atoms with Crippen LogP contribution in [0.2, 0.25) is 0 Å². The average molecular weight is 275 g/mol. The van der Waals surface area contributed by atoms with Crippen LogP contribution >= 0.6 is 15.9 Å². The molecular weight excluding hydrogens is 252 g/mol. The predicted octanol–water partition coefficient (Wildman–Crippen LogP) is 4.29. The molecule has 2 rings (SSSR count). The van der Waals surface area contributed by atoms with E-state index in [-0.39, 0.29) is 11.2 Å². The van der Waals surface area contributed by atoms with Crippen LogP contribution in [0.4, 0.5) is 0 Å². The Morgan fingerprint density at radius 2 is 1.73 bits per heavy atom. The number of halogens is 1. The second kappa shape index (κ2) is 4.37. The lowest BCUT2D eigenvalue weighted by Gasteiger charge is -2.31. The zero-order valence-electron chi connectivity index (χ0n) is 10.0. The molecule has 1 aliphatic heterocycles. The van der Waals surface area contributed by atoms with Crippen molar-refractivity contribution in [2.45, 2.75) is 70.0 Å². The summed E-state index contributed by atoms with van der Waals surface area (Å²) in [5.41, 5.74) is 0.255. The molecule has 1 aliphatic carbocycles. The molecule has 0 radical (unpaired) electrons. The van der Waals surface area contributed by atoms with Crippen molar-refractivity contribution in [3.05, 3.63) is 0 Å². The van der Waals surface area contributed by atoms with Gasteiger partial charge in [-0.3, -0.25) is 0 Å². The minimum atomic E-state index is 0.0906. The van der Waals surface area contributed by atoms with Crippen molar-refractivity contribution < 1.29 is 4.74 Å². The summed E-state index contributed by atoms with van der Waals surface area (Å²) in [6, 6.07) is 0. The smallest absolute Gasteiger partial charge is 0.0759 e. The molecule has 2 aliphatic rings. The van der Waals surface area contributed by atoms with E-state index < -0.39 is 0 Å². The molecule has 0 amide bonds. The molecule has 2 unspecified atom stereocenters. The van der Waals surface area contributed by atoms with Crippen LogP contribution in [0.15, 0.2) is 0 Å². The number of ether oxygens (including phenoxy) is 1. The molecule has 1 heterocycles. The number of rotatable bonds is 3. The Kier molecular flexibility index (Phi) is 3.47. The van der Waals surface area contributed by atoms with E-state index in [4.69, 9.17) is 4.74 Å². The summed E-state index contributed by atoms with van der Waals surface area (Å²) in [7, 11) is 0. The Hall–Kier alpha value is 0.440. The molecule has 15 heavy (non-hydrogen) atoms. The maximum absolute atomic E-state index is 6.30. The highest BCUT2D eigenvalue weighted by atomic mass is 79.9. The first-order valence-corrected chi connectivity index (χ1v) is 7.44. The van der Waals surface area contributed by atoms with Crippen LogP contribution in [0.1, 0.15) is 58.8 Å². The first kappa shape index (κ1) is 11.9. The van der Waals surface area contributed by atoms with Crippen LogP contribution in [-0.4, -0.2) is 16.5 Å². The maximum atomic E-state index is 6.30. The summed E-state index contributed by atoms with van der Waals surface area (Å²) in [4.78, 5) is 0. The molecule has 0 N–H and O–H groups in total. The molecule has 1 nitrogen and oxygen atoms in total. The lowest BCUT2D eigenvalue weighted by Crippen LogP contribution is -2.33. The van der Waals surface area contributed by atoms with E-state index in [9.17, 15) is 0 Å². The molecular formula is C13H23BrO. The second-order valence-electron chi connectivity index (χ2n) is 5.99. The van der Waals surface area contributed by atoms with Crippen LogP contribution in [0, 0.1) is 5.92 Å². The summed E-state index contributed by atoms with van der Waals surface area (Å²) in [5, 5.41) is 0.972. The number of hydrogen-bond donors (Lipinski definition) is 0. The fraction of sp³-hybridized carbons (Fsp3) is 1.00. The second-order valence-corrected chi connectivity index (χ2v) is 6.55. The fourth-order valence-corrected chi connectivity index (χ4v) is 3.68. The Balaban J connectivity index is 1.91. The van der Waals surface area contributed by atoms with Gasteiger partial charge in [0.25, 0.3) is 0 Å². The Labute approximate surface area is 102 Å². The molecule has 0 aromatic heterocycles. The van der Waals surface area contributed by atoms with Gasteiger partial charge in [0.05, 0.1) is 11.2 Å². The van der Waals surface area contributed by atoms with E-state index >= 15 is 0 Å². The molecule has 0 aromatic carbocycles. The maximum Gasteiger partial charge on any atom is 0.0759 e. The number of alkyl halides is 1. The Bertz CT molecular complexity index is 225. The van der Waals surface area contributed by atoms with E-state index in [2.05, 4.69) is 29.8 Å². The van der Waals surface area contributed by atoms with E-state index in [0.717, 1.165) is 11.2 Å². The third-order valence-corrected chi connectivity index (χ3v) is 5.34. The zero-order chi connectivity index (χ0) is 10.9. The third kappa shape index (κ3) is 2.76. The highest BCUT2D eigenvalue weighted by molar-refractivity contribution is 9.09. The van der Waals surface area contributed by atoms with Gasteiger partial charge in [-0.05, 0) is 39.0 Å². The minimum absolute atomic E-state index is 0.0906. The zero-order valence-corrected chi connectivity index (χ0v) is 11.6. The Morgan fingerprint density at radius 3 is 2.27 bits per heavy atom. The molecule has 1 saturated heterocycles. The van der Waals surface area contributed by atoms with Gasteiger partial charge < -0.3 is 4.74 Å². The van der Waals surface area contributed by atoms with Gasteiger partial charge in [0.15, 0.2) is 0 Å². The van der Waals surface area contributed by atoms with Crippen molar-refractivity contribution in [1.82, 2.24) is 0 Å². The summed E-state index contributed by atoms with van der Waals surface area (Å²) in [5.74, 6) is 0.938. The molecule has 88 valence electrons. The monoisotopic (exact) mass is 274 g/mol. The quantitative estimate of drug-likeness (QED) is 0.698. The summed E-state index contributed by atoms with van der Waals surface area (Å²) < 4.78 is 6.30. The van der Waals surface area contributed by atoms with E-state index in [0.29, 0.717) is 0 Å². The largest absolute Gasteiger partial charge is 0.368 e. The van der Waals surface area contributed by atoms with Crippen LogP contribution in [0.25, 0.3) is 0 Å². The van der Waals surface area contributed by atoms with Gasteiger partial charge in [-0.15, -0.1) is 0 Å². The molecule has 0 aromatic rings. The third-order valence-electron chi connectivity index (χ3n) is 4.15. The van der Waals surface area contributed by atoms with E-state index in [1.807, 2.05) is 0 Å². The van der Waals surface area contributed by atoms with Crippen LogP contribution in [0.3, 0.4) is 0 Å². The van der Waals surface area contributed by atoms with Gasteiger partial charge >= 0.3 is 0 Å². The lowest BCUT2D eigenvalue weighted by atomic mass is 9.88. The topological polar surface area (TPSA) is 9.23 Å². The standard InChI is InChI=1S/C13H23BrO/c1-12(9-11-5-3-4-6-11)7-8-13(2,10-14)15-12/h11H,3-10H2,1-2H3. The summed E-state index contributed by atoms with van der Waals surface area (Å²) in [6.45, 7) is 4.56. The van der Waals surface area contributed by atoms with Crippen LogP contribution in [0.5, 0.6) is 0 Å². The predicted molar refractivity (Wildman–Crippen MR) is 67.5 cm³/mol. The van der Waals surface area contributed by atoms with Gasteiger partial charge in [0.1, 0.15) is 0 Å². The van der Waals surface area contributed by atoms with Gasteiger partial charge in [-0.1, -0.05) is 41.6 Å². The van der Waals surface area contributed by atoms with Crippen molar-refractivity contribution in [3.63, 3.8) is 0 Å². The van der Waals surface area contributed by atoms with Crippen molar-refractivity contribution in [3.8, 4) is 0 Å². The van der Waals surface area contributed by atoms with E-state index in [1.165, 1.54) is 44.9 Å². The highest BCUT2D eigenvalue weighted by Gasteiger charge is 2.44. The normalized spacial score (nSPS) is 42.6. The molecule has 2 fully saturated rings. The minimum Gasteiger partial charge on any atom is -0.368 e. The van der Waals surface area contributed by atoms with Crippen LogP contribution in [-0.2, 0) is 4.74 Å². The average Bonchev–Trinajstić information content (AvgIpc) is 2.76. The molecule has 2 atom stereocenters.